The summed E-state index contributed by atoms with van der Waals surface area (Å²) in [6.45, 7) is 4.30. The molecular weight excluding hydrogens is 283 g/mol. The van der Waals surface area contributed by atoms with Crippen LogP contribution >= 0.6 is 0 Å². The molecule has 2 heterocycles. The maximum atomic E-state index is 14.2. The monoisotopic (exact) mass is 304 g/mol. The Hall–Kier alpha value is -1.72. The van der Waals surface area contributed by atoms with Crippen LogP contribution in [-0.2, 0) is 11.3 Å². The predicted octanol–water partition coefficient (Wildman–Crippen LogP) is 3.39. The van der Waals surface area contributed by atoms with E-state index in [2.05, 4.69) is 17.2 Å². The van der Waals surface area contributed by atoms with Gasteiger partial charge in [-0.15, -0.1) is 0 Å². The van der Waals surface area contributed by atoms with Crippen molar-refractivity contribution in [3.8, 4) is 11.5 Å². The van der Waals surface area contributed by atoms with Gasteiger partial charge in [-0.3, -0.25) is 0 Å². The zero-order chi connectivity index (χ0) is 15.4. The van der Waals surface area contributed by atoms with E-state index >= 15 is 0 Å². The van der Waals surface area contributed by atoms with Crippen molar-refractivity contribution in [2.45, 2.75) is 32.4 Å². The first-order valence-corrected chi connectivity index (χ1v) is 7.73. The van der Waals surface area contributed by atoms with E-state index in [4.69, 9.17) is 9.15 Å². The molecule has 1 saturated heterocycles. The Labute approximate surface area is 129 Å². The molecule has 1 aliphatic heterocycles. The van der Waals surface area contributed by atoms with Crippen molar-refractivity contribution >= 4 is 0 Å². The third-order valence-electron chi connectivity index (χ3n) is 4.25. The summed E-state index contributed by atoms with van der Waals surface area (Å²) in [5.41, 5.74) is 1.30. The van der Waals surface area contributed by atoms with Crippen LogP contribution in [0, 0.1) is 11.7 Å². The van der Waals surface area contributed by atoms with Crippen LogP contribution in [0.5, 0.6) is 0 Å². The summed E-state index contributed by atoms with van der Waals surface area (Å²) in [6.07, 6.45) is 5.31. The Kier molecular flexibility index (Phi) is 4.85. The Bertz CT molecular complexity index is 595. The molecule has 0 spiro atoms. The predicted molar refractivity (Wildman–Crippen MR) is 81.7 cm³/mol. The highest BCUT2D eigenvalue weighted by atomic mass is 19.1. The van der Waals surface area contributed by atoms with Crippen molar-refractivity contribution in [1.29, 1.82) is 0 Å². The molecule has 0 aliphatic carbocycles. The lowest BCUT2D eigenvalue weighted by molar-refractivity contribution is 0.0417. The fraction of sp³-hybridized carbons (Fsp3) is 0.471. The third-order valence-corrected chi connectivity index (χ3v) is 4.25. The van der Waals surface area contributed by atoms with Crippen molar-refractivity contribution < 1.29 is 13.5 Å². The van der Waals surface area contributed by atoms with Crippen molar-refractivity contribution in [1.82, 2.24) is 10.3 Å². The molecule has 0 radical (unpaired) electrons. The molecule has 1 fully saturated rings. The second kappa shape index (κ2) is 7.03. The van der Waals surface area contributed by atoms with Crippen LogP contribution in [0.3, 0.4) is 0 Å². The lowest BCUT2D eigenvalue weighted by atomic mass is 9.95. The maximum Gasteiger partial charge on any atom is 0.225 e. The fourth-order valence-electron chi connectivity index (χ4n) is 2.79. The summed E-state index contributed by atoms with van der Waals surface area (Å²) in [5, 5.41) is 3.40. The lowest BCUT2D eigenvalue weighted by Gasteiger charge is -2.28. The van der Waals surface area contributed by atoms with Crippen LogP contribution in [0.1, 0.15) is 25.3 Å². The molecule has 1 aromatic carbocycles. The van der Waals surface area contributed by atoms with E-state index in [-0.39, 0.29) is 5.82 Å². The van der Waals surface area contributed by atoms with Crippen molar-refractivity contribution in [3.05, 3.63) is 42.0 Å². The summed E-state index contributed by atoms with van der Waals surface area (Å²) in [7, 11) is 0. The smallest absolute Gasteiger partial charge is 0.225 e. The van der Waals surface area contributed by atoms with E-state index in [1.165, 1.54) is 18.8 Å². The quantitative estimate of drug-likeness (QED) is 0.920. The molecule has 118 valence electrons. The number of hydrogen-bond acceptors (Lipinski definition) is 4. The molecule has 2 aromatic rings. The highest BCUT2D eigenvalue weighted by molar-refractivity contribution is 5.53. The minimum Gasteiger partial charge on any atom is -0.445 e. The first-order chi connectivity index (χ1) is 10.7. The zero-order valence-corrected chi connectivity index (χ0v) is 12.7. The number of hydrogen-bond donors (Lipinski definition) is 1. The van der Waals surface area contributed by atoms with Crippen molar-refractivity contribution in [3.63, 3.8) is 0 Å². The molecule has 5 heteroatoms. The number of nitrogens with zero attached hydrogens (tertiary/aromatic N) is 1. The van der Waals surface area contributed by atoms with E-state index in [1.807, 2.05) is 6.07 Å². The highest BCUT2D eigenvalue weighted by Gasteiger charge is 2.20. The van der Waals surface area contributed by atoms with Gasteiger partial charge >= 0.3 is 0 Å². The van der Waals surface area contributed by atoms with E-state index in [0.717, 1.165) is 19.6 Å². The summed E-state index contributed by atoms with van der Waals surface area (Å²) < 4.78 is 24.9. The normalized spacial score (nSPS) is 20.0. The number of ether oxygens (including phenoxy) is 1. The van der Waals surface area contributed by atoms with Gasteiger partial charge in [-0.25, -0.2) is 9.37 Å². The minimum absolute atomic E-state index is 0.240. The van der Waals surface area contributed by atoms with Crippen LogP contribution < -0.4 is 5.32 Å². The highest BCUT2D eigenvalue weighted by Crippen LogP contribution is 2.21. The Morgan fingerprint density at radius 2 is 2.36 bits per heavy atom. The van der Waals surface area contributed by atoms with Gasteiger partial charge in [0.1, 0.15) is 12.1 Å². The van der Waals surface area contributed by atoms with Gasteiger partial charge < -0.3 is 14.5 Å². The fourth-order valence-corrected chi connectivity index (χ4v) is 2.79. The van der Waals surface area contributed by atoms with Crippen LogP contribution in [0.25, 0.3) is 11.5 Å². The third kappa shape index (κ3) is 3.54. The molecule has 22 heavy (non-hydrogen) atoms. The van der Waals surface area contributed by atoms with Gasteiger partial charge in [0.15, 0.2) is 0 Å². The lowest BCUT2D eigenvalue weighted by Crippen LogP contribution is -2.37. The molecule has 1 aliphatic rings. The van der Waals surface area contributed by atoms with Crippen molar-refractivity contribution in [2.75, 3.05) is 13.2 Å². The van der Waals surface area contributed by atoms with E-state index < -0.39 is 0 Å². The molecule has 0 bridgehead atoms. The molecule has 0 saturated carbocycles. The Morgan fingerprint density at radius 1 is 1.45 bits per heavy atom. The molecular formula is C17H21FN2O2. The van der Waals surface area contributed by atoms with Gasteiger partial charge in [-0.2, -0.15) is 0 Å². The van der Waals surface area contributed by atoms with E-state index in [9.17, 15) is 4.39 Å². The van der Waals surface area contributed by atoms with E-state index in [1.54, 1.807) is 12.3 Å². The van der Waals surface area contributed by atoms with Gasteiger partial charge in [0.2, 0.25) is 5.89 Å². The number of nitrogens with one attached hydrogen (secondary N) is 1. The molecule has 0 unspecified atom stereocenters. The summed E-state index contributed by atoms with van der Waals surface area (Å²) in [6, 6.07) is 5.40. The van der Waals surface area contributed by atoms with Crippen molar-refractivity contribution in [2.24, 2.45) is 5.92 Å². The number of halogens is 1. The number of oxazole rings is 1. The maximum absolute atomic E-state index is 14.2. The number of aromatic nitrogens is 1. The molecule has 4 nitrogen and oxygen atoms in total. The second-order valence-corrected chi connectivity index (χ2v) is 5.79. The second-order valence-electron chi connectivity index (χ2n) is 5.79. The first kappa shape index (κ1) is 15.2. The van der Waals surface area contributed by atoms with Gasteiger partial charge in [-0.1, -0.05) is 6.07 Å². The standard InChI is InChI=1S/C17H21FN2O2/c1-12(15-3-2-7-21-11-15)20-10-14-5-4-13(9-16(14)18)17-19-6-8-22-17/h4-6,8-9,12,15,20H,2-3,7,10-11H2,1H3/t12-,15-/m0/s1. The molecule has 1 N–H and O–H groups in total. The number of benzene rings is 1. The van der Waals surface area contributed by atoms with Gasteiger partial charge in [0, 0.05) is 30.3 Å². The first-order valence-electron chi connectivity index (χ1n) is 7.73. The van der Waals surface area contributed by atoms with Crippen LogP contribution in [0.4, 0.5) is 4.39 Å². The van der Waals surface area contributed by atoms with Crippen LogP contribution in [-0.4, -0.2) is 24.2 Å². The van der Waals surface area contributed by atoms with Crippen LogP contribution in [0.2, 0.25) is 0 Å². The number of rotatable bonds is 5. The SMILES string of the molecule is C[C@H](NCc1ccc(-c2ncco2)cc1F)[C@H]1CCCOC1. The molecule has 2 atom stereocenters. The minimum atomic E-state index is -0.240. The van der Waals surface area contributed by atoms with Crippen LogP contribution in [0.15, 0.2) is 35.1 Å². The average Bonchev–Trinajstić information content (AvgIpc) is 3.08. The Balaban J connectivity index is 1.60. The molecule has 3 rings (SSSR count). The van der Waals surface area contributed by atoms with Gasteiger partial charge in [-0.05, 0) is 37.8 Å². The summed E-state index contributed by atoms with van der Waals surface area (Å²) in [5.74, 6) is 0.699. The summed E-state index contributed by atoms with van der Waals surface area (Å²) in [4.78, 5) is 4.03. The summed E-state index contributed by atoms with van der Waals surface area (Å²) >= 11 is 0. The van der Waals surface area contributed by atoms with Gasteiger partial charge in [0.05, 0.1) is 12.8 Å². The largest absolute Gasteiger partial charge is 0.445 e. The Morgan fingerprint density at radius 3 is 3.05 bits per heavy atom. The topological polar surface area (TPSA) is 47.3 Å². The average molecular weight is 304 g/mol. The molecule has 1 aromatic heterocycles. The zero-order valence-electron chi connectivity index (χ0n) is 12.7. The van der Waals surface area contributed by atoms with E-state index in [0.29, 0.717) is 35.5 Å². The van der Waals surface area contributed by atoms with Gasteiger partial charge in [0.25, 0.3) is 0 Å². The molecule has 0 amide bonds.